The van der Waals surface area contributed by atoms with Crippen molar-refractivity contribution in [3.05, 3.63) is 46.8 Å². The highest BCUT2D eigenvalue weighted by molar-refractivity contribution is 5.96. The van der Waals surface area contributed by atoms with Crippen molar-refractivity contribution in [1.82, 2.24) is 14.9 Å². The van der Waals surface area contributed by atoms with Crippen molar-refractivity contribution >= 4 is 17.6 Å². The van der Waals surface area contributed by atoms with Crippen LogP contribution in [0.15, 0.2) is 24.4 Å². The quantitative estimate of drug-likeness (QED) is 0.760. The number of pyridine rings is 2. The summed E-state index contributed by atoms with van der Waals surface area (Å²) in [6, 6.07) is 4.57. The summed E-state index contributed by atoms with van der Waals surface area (Å²) < 4.78 is 29.6. The Morgan fingerprint density at radius 2 is 1.93 bits per heavy atom. The topological polar surface area (TPSA) is 84.4 Å². The van der Waals surface area contributed by atoms with E-state index in [9.17, 15) is 18.4 Å². The van der Waals surface area contributed by atoms with Gasteiger partial charge in [0.05, 0.1) is 6.04 Å². The molecular formula is C20H24F2N4O3. The van der Waals surface area contributed by atoms with Crippen LogP contribution in [-0.4, -0.2) is 46.8 Å². The van der Waals surface area contributed by atoms with Crippen LogP contribution < -0.4 is 10.1 Å². The van der Waals surface area contributed by atoms with Gasteiger partial charge in [-0.2, -0.15) is 0 Å². The van der Waals surface area contributed by atoms with Crippen molar-refractivity contribution in [3.63, 3.8) is 0 Å². The van der Waals surface area contributed by atoms with E-state index in [4.69, 9.17) is 4.74 Å². The van der Waals surface area contributed by atoms with Gasteiger partial charge in [-0.15, -0.1) is 0 Å². The number of amides is 2. The third-order valence-electron chi connectivity index (χ3n) is 4.29. The van der Waals surface area contributed by atoms with E-state index >= 15 is 0 Å². The lowest BCUT2D eigenvalue weighted by Crippen LogP contribution is -2.30. The van der Waals surface area contributed by atoms with Gasteiger partial charge in [-0.05, 0) is 44.5 Å². The summed E-state index contributed by atoms with van der Waals surface area (Å²) in [7, 11) is 1.65. The maximum Gasteiger partial charge on any atom is 0.272 e. The Bertz CT molecular complexity index is 905. The number of aromatic nitrogens is 2. The molecule has 2 aromatic heterocycles. The zero-order chi connectivity index (χ0) is 21.7. The Hall–Kier alpha value is -3.10. The second kappa shape index (κ2) is 9.40. The molecule has 7 nitrogen and oxygen atoms in total. The van der Waals surface area contributed by atoms with Gasteiger partial charge in [0.25, 0.3) is 12.3 Å². The van der Waals surface area contributed by atoms with Gasteiger partial charge in [-0.1, -0.05) is 0 Å². The highest BCUT2D eigenvalue weighted by atomic mass is 19.3. The summed E-state index contributed by atoms with van der Waals surface area (Å²) in [6.07, 6.45) is -1.08. The minimum absolute atomic E-state index is 0.139. The first-order valence-electron chi connectivity index (χ1n) is 8.99. The van der Waals surface area contributed by atoms with Crippen molar-refractivity contribution in [2.45, 2.75) is 40.2 Å². The van der Waals surface area contributed by atoms with Gasteiger partial charge in [0.15, 0.2) is 6.61 Å². The molecule has 0 aromatic carbocycles. The molecule has 0 saturated carbocycles. The summed E-state index contributed by atoms with van der Waals surface area (Å²) in [5.74, 6) is -0.0934. The largest absolute Gasteiger partial charge is 0.471 e. The first kappa shape index (κ1) is 22.2. The van der Waals surface area contributed by atoms with E-state index in [0.29, 0.717) is 22.6 Å². The molecule has 2 rings (SSSR count). The molecular weight excluding hydrogens is 382 g/mol. The smallest absolute Gasteiger partial charge is 0.272 e. The maximum absolute atomic E-state index is 12.9. The summed E-state index contributed by atoms with van der Waals surface area (Å²) in [6.45, 7) is 5.91. The molecule has 0 fully saturated rings. The van der Waals surface area contributed by atoms with Gasteiger partial charge in [-0.3, -0.25) is 9.59 Å². The van der Waals surface area contributed by atoms with Gasteiger partial charge >= 0.3 is 0 Å². The third kappa shape index (κ3) is 5.94. The molecule has 0 aliphatic rings. The summed E-state index contributed by atoms with van der Waals surface area (Å²) in [4.78, 5) is 34.0. The number of carbonyl (C=O) groups excluding carboxylic acids is 2. The van der Waals surface area contributed by atoms with E-state index in [1.807, 2.05) is 6.92 Å². The van der Waals surface area contributed by atoms with Crippen LogP contribution in [0.4, 0.5) is 14.6 Å². The Kier molecular flexibility index (Phi) is 7.19. The summed E-state index contributed by atoms with van der Waals surface area (Å²) in [5.41, 5.74) is 2.31. The number of aryl methyl sites for hydroxylation is 2. The zero-order valence-electron chi connectivity index (χ0n) is 17.0. The second-order valence-electron chi connectivity index (χ2n) is 6.75. The number of hydrogen-bond acceptors (Lipinski definition) is 5. The molecule has 1 N–H and O–H groups in total. The molecule has 0 spiro atoms. The van der Waals surface area contributed by atoms with Gasteiger partial charge in [0.1, 0.15) is 5.82 Å². The van der Waals surface area contributed by atoms with E-state index in [-0.39, 0.29) is 23.7 Å². The van der Waals surface area contributed by atoms with Gasteiger partial charge in [-0.25, -0.2) is 18.7 Å². The lowest BCUT2D eigenvalue weighted by atomic mass is 10.1. The molecule has 156 valence electrons. The lowest BCUT2D eigenvalue weighted by molar-refractivity contribution is -0.114. The Balaban J connectivity index is 2.20. The van der Waals surface area contributed by atoms with Crippen molar-refractivity contribution in [2.75, 3.05) is 19.0 Å². The number of carbonyl (C=O) groups is 2. The molecule has 29 heavy (non-hydrogen) atoms. The number of alkyl halides is 2. The molecule has 2 aromatic rings. The van der Waals surface area contributed by atoms with Gasteiger partial charge in [0, 0.05) is 37.0 Å². The average Bonchev–Trinajstić information content (AvgIpc) is 2.64. The van der Waals surface area contributed by atoms with Gasteiger partial charge < -0.3 is 15.0 Å². The predicted octanol–water partition coefficient (Wildman–Crippen LogP) is 3.53. The first-order valence-corrected chi connectivity index (χ1v) is 8.99. The number of anilines is 1. The van der Waals surface area contributed by atoms with Crippen LogP contribution in [0.2, 0.25) is 0 Å². The Labute approximate surface area is 168 Å². The minimum Gasteiger partial charge on any atom is -0.471 e. The fourth-order valence-electron chi connectivity index (χ4n) is 2.75. The first-order chi connectivity index (χ1) is 13.6. The number of halogens is 2. The van der Waals surface area contributed by atoms with Crippen molar-refractivity contribution < 1.29 is 23.1 Å². The van der Waals surface area contributed by atoms with E-state index in [2.05, 4.69) is 15.3 Å². The van der Waals surface area contributed by atoms with Crippen molar-refractivity contribution in [3.8, 4) is 5.88 Å². The monoisotopic (exact) mass is 406 g/mol. The van der Waals surface area contributed by atoms with Gasteiger partial charge in [0.2, 0.25) is 11.8 Å². The van der Waals surface area contributed by atoms with E-state index < -0.39 is 13.0 Å². The second-order valence-corrected chi connectivity index (χ2v) is 6.75. The summed E-state index contributed by atoms with van der Waals surface area (Å²) in [5, 5.41) is 2.58. The highest BCUT2D eigenvalue weighted by Gasteiger charge is 2.21. The molecule has 1 atom stereocenters. The SMILES string of the molecule is CC(=O)Nc1cc(C(=O)N(C)C(C)c2cnc(OCC(F)F)c(C)c2)cc(C)n1. The van der Waals surface area contributed by atoms with Crippen LogP contribution in [0.25, 0.3) is 0 Å². The molecule has 0 radical (unpaired) electrons. The van der Waals surface area contributed by atoms with Crippen molar-refractivity contribution in [1.29, 1.82) is 0 Å². The Morgan fingerprint density at radius 1 is 1.24 bits per heavy atom. The molecule has 9 heteroatoms. The van der Waals surface area contributed by atoms with Crippen LogP contribution in [-0.2, 0) is 4.79 Å². The molecule has 1 unspecified atom stereocenters. The van der Waals surface area contributed by atoms with Crippen molar-refractivity contribution in [2.24, 2.45) is 0 Å². The van der Waals surface area contributed by atoms with Crippen LogP contribution in [0.3, 0.4) is 0 Å². The molecule has 0 bridgehead atoms. The molecule has 2 heterocycles. The number of nitrogens with one attached hydrogen (secondary N) is 1. The fraction of sp³-hybridized carbons (Fsp3) is 0.400. The maximum atomic E-state index is 12.9. The summed E-state index contributed by atoms with van der Waals surface area (Å²) >= 11 is 0. The number of nitrogens with zero attached hydrogens (tertiary/aromatic N) is 3. The van der Waals surface area contributed by atoms with Crippen LogP contribution in [0.1, 0.15) is 47.1 Å². The molecule has 0 aliphatic carbocycles. The van der Waals surface area contributed by atoms with E-state index in [1.165, 1.54) is 24.1 Å². The van der Waals surface area contributed by atoms with E-state index in [1.54, 1.807) is 33.0 Å². The molecule has 0 saturated heterocycles. The number of rotatable bonds is 7. The number of hydrogen-bond donors (Lipinski definition) is 1. The lowest BCUT2D eigenvalue weighted by Gasteiger charge is -2.26. The van der Waals surface area contributed by atoms with Crippen LogP contribution >= 0.6 is 0 Å². The minimum atomic E-state index is -2.58. The predicted molar refractivity (Wildman–Crippen MR) is 104 cm³/mol. The Morgan fingerprint density at radius 3 is 2.52 bits per heavy atom. The molecule has 0 aliphatic heterocycles. The standard InChI is InChI=1S/C20H24F2N4O3/c1-11-6-16(9-23-19(11)29-10-17(21)22)13(3)26(5)20(28)15-7-12(2)24-18(8-15)25-14(4)27/h6-9,13,17H,10H2,1-5H3,(H,24,25,27). The zero-order valence-corrected chi connectivity index (χ0v) is 17.0. The average molecular weight is 406 g/mol. The molecule has 2 amide bonds. The van der Waals surface area contributed by atoms with E-state index in [0.717, 1.165) is 5.56 Å². The third-order valence-corrected chi connectivity index (χ3v) is 4.29. The number of ether oxygens (including phenoxy) is 1. The highest BCUT2D eigenvalue weighted by Crippen LogP contribution is 2.25. The van der Waals surface area contributed by atoms with Crippen LogP contribution in [0.5, 0.6) is 5.88 Å². The normalized spacial score (nSPS) is 11.9. The fourth-order valence-corrected chi connectivity index (χ4v) is 2.75. The van der Waals surface area contributed by atoms with Crippen LogP contribution in [0, 0.1) is 13.8 Å².